The van der Waals surface area contributed by atoms with E-state index in [4.69, 9.17) is 10.00 Å². The van der Waals surface area contributed by atoms with E-state index in [1.807, 2.05) is 47.4 Å². The third-order valence-electron chi connectivity index (χ3n) is 5.63. The molecule has 5 heteroatoms. The molecular weight excluding hydrogens is 350 g/mol. The molecule has 4 rings (SSSR count). The summed E-state index contributed by atoms with van der Waals surface area (Å²) in [6.45, 7) is 5.24. The minimum Gasteiger partial charge on any atom is -0.379 e. The van der Waals surface area contributed by atoms with E-state index in [1.54, 1.807) is 0 Å². The van der Waals surface area contributed by atoms with Crippen LogP contribution >= 0.6 is 0 Å². The predicted molar refractivity (Wildman–Crippen MR) is 106 cm³/mol. The number of nitrogens with zero attached hydrogens (tertiary/aromatic N) is 3. The van der Waals surface area contributed by atoms with E-state index in [0.717, 1.165) is 31.7 Å². The Bertz CT molecular complexity index is 860. The van der Waals surface area contributed by atoms with Gasteiger partial charge in [-0.3, -0.25) is 9.69 Å². The molecule has 0 saturated carbocycles. The van der Waals surface area contributed by atoms with E-state index in [2.05, 4.69) is 23.1 Å². The zero-order valence-corrected chi connectivity index (χ0v) is 16.0. The lowest BCUT2D eigenvalue weighted by Crippen LogP contribution is -2.40. The highest BCUT2D eigenvalue weighted by Gasteiger charge is 2.45. The maximum atomic E-state index is 12.7. The molecule has 1 unspecified atom stereocenters. The van der Waals surface area contributed by atoms with Gasteiger partial charge in [0.15, 0.2) is 0 Å². The molecule has 2 fully saturated rings. The van der Waals surface area contributed by atoms with Gasteiger partial charge in [0.1, 0.15) is 0 Å². The van der Waals surface area contributed by atoms with Gasteiger partial charge in [0.25, 0.3) is 0 Å². The minimum absolute atomic E-state index is 0.144. The fraction of sp³-hybridized carbons (Fsp3) is 0.391. The zero-order chi connectivity index (χ0) is 19.4. The van der Waals surface area contributed by atoms with Crippen molar-refractivity contribution in [3.05, 3.63) is 71.3 Å². The van der Waals surface area contributed by atoms with Crippen LogP contribution in [0.4, 0.5) is 0 Å². The SMILES string of the molecule is N#Cc1ccc(CN2CCOCC3(CC(=O)N(Cc4ccccc4)C3)C2)cc1. The van der Waals surface area contributed by atoms with Crippen LogP contribution in [0.25, 0.3) is 0 Å². The average molecular weight is 375 g/mol. The van der Waals surface area contributed by atoms with E-state index in [-0.39, 0.29) is 11.3 Å². The molecule has 2 aliphatic rings. The highest BCUT2D eigenvalue weighted by molar-refractivity contribution is 5.79. The van der Waals surface area contributed by atoms with Crippen molar-refractivity contribution in [2.24, 2.45) is 5.41 Å². The Balaban J connectivity index is 1.44. The van der Waals surface area contributed by atoms with E-state index in [0.29, 0.717) is 31.7 Å². The lowest BCUT2D eigenvalue weighted by Gasteiger charge is -2.31. The molecular formula is C23H25N3O2. The van der Waals surface area contributed by atoms with Crippen molar-refractivity contribution in [1.82, 2.24) is 9.80 Å². The fourth-order valence-corrected chi connectivity index (χ4v) is 4.29. The van der Waals surface area contributed by atoms with Crippen LogP contribution in [0.15, 0.2) is 54.6 Å². The van der Waals surface area contributed by atoms with Crippen molar-refractivity contribution < 1.29 is 9.53 Å². The van der Waals surface area contributed by atoms with Gasteiger partial charge in [0, 0.05) is 44.6 Å². The van der Waals surface area contributed by atoms with Crippen molar-refractivity contribution in [3.63, 3.8) is 0 Å². The largest absolute Gasteiger partial charge is 0.379 e. The minimum atomic E-state index is -0.144. The predicted octanol–water partition coefficient (Wildman–Crippen LogP) is 2.81. The molecule has 1 amide bonds. The summed E-state index contributed by atoms with van der Waals surface area (Å²) in [4.78, 5) is 17.1. The Labute approximate surface area is 166 Å². The van der Waals surface area contributed by atoms with Gasteiger partial charge in [-0.15, -0.1) is 0 Å². The molecule has 2 aliphatic heterocycles. The van der Waals surface area contributed by atoms with Gasteiger partial charge in [0.2, 0.25) is 5.91 Å². The number of rotatable bonds is 4. The lowest BCUT2D eigenvalue weighted by molar-refractivity contribution is -0.128. The van der Waals surface area contributed by atoms with Crippen LogP contribution in [-0.2, 0) is 22.6 Å². The maximum Gasteiger partial charge on any atom is 0.223 e. The number of ether oxygens (including phenoxy) is 1. The van der Waals surface area contributed by atoms with Gasteiger partial charge in [-0.05, 0) is 23.3 Å². The van der Waals surface area contributed by atoms with Crippen LogP contribution in [-0.4, -0.2) is 48.6 Å². The topological polar surface area (TPSA) is 56.6 Å². The first-order chi connectivity index (χ1) is 13.7. The molecule has 0 bridgehead atoms. The molecule has 0 radical (unpaired) electrons. The molecule has 0 aromatic heterocycles. The summed E-state index contributed by atoms with van der Waals surface area (Å²) >= 11 is 0. The third-order valence-corrected chi connectivity index (χ3v) is 5.63. The van der Waals surface area contributed by atoms with Gasteiger partial charge < -0.3 is 9.64 Å². The molecule has 1 spiro atoms. The fourth-order valence-electron chi connectivity index (χ4n) is 4.29. The van der Waals surface area contributed by atoms with Crippen molar-refractivity contribution in [1.29, 1.82) is 5.26 Å². The number of carbonyl (C=O) groups is 1. The van der Waals surface area contributed by atoms with Crippen LogP contribution in [0.1, 0.15) is 23.1 Å². The second-order valence-electron chi connectivity index (χ2n) is 7.98. The van der Waals surface area contributed by atoms with Crippen molar-refractivity contribution in [3.8, 4) is 6.07 Å². The standard InChI is InChI=1S/C23H25N3O2/c24-13-19-6-8-21(9-7-19)14-25-10-11-28-18-23(16-25)12-22(27)26(17-23)15-20-4-2-1-3-5-20/h1-9H,10-12,14-18H2. The van der Waals surface area contributed by atoms with Gasteiger partial charge in [-0.1, -0.05) is 42.5 Å². The molecule has 2 aromatic carbocycles. The molecule has 0 N–H and O–H groups in total. The van der Waals surface area contributed by atoms with E-state index in [1.165, 1.54) is 5.56 Å². The smallest absolute Gasteiger partial charge is 0.223 e. The third kappa shape index (κ3) is 4.24. The van der Waals surface area contributed by atoms with Crippen LogP contribution < -0.4 is 0 Å². The molecule has 0 aliphatic carbocycles. The number of hydrogen-bond donors (Lipinski definition) is 0. The number of carbonyl (C=O) groups excluding carboxylic acids is 1. The summed E-state index contributed by atoms with van der Waals surface area (Å²) in [7, 11) is 0. The molecule has 2 heterocycles. The highest BCUT2D eigenvalue weighted by atomic mass is 16.5. The Morgan fingerprint density at radius 1 is 1.00 bits per heavy atom. The van der Waals surface area contributed by atoms with Crippen molar-refractivity contribution in [2.75, 3.05) is 32.8 Å². The number of amides is 1. The summed E-state index contributed by atoms with van der Waals surface area (Å²) in [5.74, 6) is 0.215. The summed E-state index contributed by atoms with van der Waals surface area (Å²) in [6, 6.07) is 20.1. The second-order valence-corrected chi connectivity index (χ2v) is 7.98. The molecule has 144 valence electrons. The van der Waals surface area contributed by atoms with Crippen molar-refractivity contribution in [2.45, 2.75) is 19.5 Å². The molecule has 1 atom stereocenters. The summed E-state index contributed by atoms with van der Waals surface area (Å²) < 4.78 is 5.92. The monoisotopic (exact) mass is 375 g/mol. The first-order valence-corrected chi connectivity index (χ1v) is 9.77. The molecule has 28 heavy (non-hydrogen) atoms. The summed E-state index contributed by atoms with van der Waals surface area (Å²) in [5.41, 5.74) is 2.88. The van der Waals surface area contributed by atoms with Crippen LogP contribution in [0, 0.1) is 16.7 Å². The lowest BCUT2D eigenvalue weighted by atomic mass is 9.87. The van der Waals surface area contributed by atoms with Crippen LogP contribution in [0.5, 0.6) is 0 Å². The Hall–Kier alpha value is -2.68. The molecule has 2 aromatic rings. The zero-order valence-electron chi connectivity index (χ0n) is 16.0. The summed E-state index contributed by atoms with van der Waals surface area (Å²) in [5, 5.41) is 8.97. The van der Waals surface area contributed by atoms with E-state index < -0.39 is 0 Å². The highest BCUT2D eigenvalue weighted by Crippen LogP contribution is 2.35. The quantitative estimate of drug-likeness (QED) is 0.825. The van der Waals surface area contributed by atoms with Crippen LogP contribution in [0.2, 0.25) is 0 Å². The normalized spacial score (nSPS) is 23.0. The number of hydrogen-bond acceptors (Lipinski definition) is 4. The van der Waals surface area contributed by atoms with Crippen LogP contribution in [0.3, 0.4) is 0 Å². The van der Waals surface area contributed by atoms with E-state index in [9.17, 15) is 4.79 Å². The van der Waals surface area contributed by atoms with Gasteiger partial charge in [-0.2, -0.15) is 5.26 Å². The van der Waals surface area contributed by atoms with Crippen molar-refractivity contribution >= 4 is 5.91 Å². The van der Waals surface area contributed by atoms with E-state index >= 15 is 0 Å². The Morgan fingerprint density at radius 3 is 2.50 bits per heavy atom. The average Bonchev–Trinajstić information content (AvgIpc) is 2.88. The summed E-state index contributed by atoms with van der Waals surface area (Å²) in [6.07, 6.45) is 0.545. The number of likely N-dealkylation sites (tertiary alicyclic amines) is 1. The van der Waals surface area contributed by atoms with Gasteiger partial charge in [0.05, 0.1) is 24.8 Å². The van der Waals surface area contributed by atoms with Gasteiger partial charge >= 0.3 is 0 Å². The number of benzene rings is 2. The maximum absolute atomic E-state index is 12.7. The number of nitriles is 1. The van der Waals surface area contributed by atoms with Gasteiger partial charge in [-0.25, -0.2) is 0 Å². The Morgan fingerprint density at radius 2 is 1.75 bits per heavy atom. The Kier molecular flexibility index (Phi) is 5.43. The first-order valence-electron chi connectivity index (χ1n) is 9.77. The molecule has 2 saturated heterocycles. The first kappa shape index (κ1) is 18.7. The molecule has 5 nitrogen and oxygen atoms in total. The second kappa shape index (κ2) is 8.14.